The second-order valence-electron chi connectivity index (χ2n) is 7.90. The molecule has 0 saturated heterocycles. The first kappa shape index (κ1) is 14.2. The van der Waals surface area contributed by atoms with Crippen molar-refractivity contribution in [3.8, 4) is 11.3 Å². The number of hydrogen-bond donors (Lipinski definition) is 0. The van der Waals surface area contributed by atoms with Gasteiger partial charge in [0.25, 0.3) is 0 Å². The van der Waals surface area contributed by atoms with Crippen molar-refractivity contribution in [2.45, 2.75) is 45.4 Å². The van der Waals surface area contributed by atoms with Gasteiger partial charge >= 0.3 is 0 Å². The van der Waals surface area contributed by atoms with E-state index in [-0.39, 0.29) is 0 Å². The molecule has 0 spiro atoms. The lowest BCUT2D eigenvalue weighted by Gasteiger charge is -2.42. The van der Waals surface area contributed by atoms with Crippen LogP contribution in [0.4, 0.5) is 0 Å². The molecule has 3 aliphatic rings. The molecule has 3 aliphatic carbocycles. The molecule has 1 heterocycles. The summed E-state index contributed by atoms with van der Waals surface area (Å²) in [5.41, 5.74) is 11.5. The van der Waals surface area contributed by atoms with E-state index in [4.69, 9.17) is 0 Å². The van der Waals surface area contributed by atoms with Crippen molar-refractivity contribution >= 4 is 10.9 Å². The third kappa shape index (κ3) is 1.73. The van der Waals surface area contributed by atoms with Gasteiger partial charge in [0.1, 0.15) is 7.05 Å². The zero-order chi connectivity index (χ0) is 16.6. The van der Waals surface area contributed by atoms with Crippen molar-refractivity contribution in [1.82, 2.24) is 0 Å². The first-order valence-electron chi connectivity index (χ1n) is 9.08. The molecule has 0 atom stereocenters. The number of benzene rings is 2. The summed E-state index contributed by atoms with van der Waals surface area (Å²) in [4.78, 5) is 0. The summed E-state index contributed by atoms with van der Waals surface area (Å²) in [5, 5.41) is 1.54. The van der Waals surface area contributed by atoms with E-state index in [9.17, 15) is 0 Å². The zero-order valence-electron chi connectivity index (χ0n) is 15.0. The molecular weight excluding hydrogens is 290 g/mol. The maximum atomic E-state index is 2.49. The van der Waals surface area contributed by atoms with Crippen molar-refractivity contribution in [2.75, 3.05) is 0 Å². The quantitative estimate of drug-likeness (QED) is 0.541. The summed E-state index contributed by atoms with van der Waals surface area (Å²) in [5.74, 6) is 1.58. The van der Waals surface area contributed by atoms with Crippen LogP contribution < -0.4 is 4.57 Å². The fraction of sp³-hybridized carbons (Fsp3) is 0.348. The Labute approximate surface area is 144 Å². The van der Waals surface area contributed by atoms with Crippen LogP contribution in [0, 0.1) is 20.8 Å². The summed E-state index contributed by atoms with van der Waals surface area (Å²) in [7, 11) is 2.23. The molecule has 24 heavy (non-hydrogen) atoms. The number of aryl methyl sites for hydroxylation is 3. The molecule has 0 aliphatic heterocycles. The van der Waals surface area contributed by atoms with Gasteiger partial charge in [-0.3, -0.25) is 0 Å². The van der Waals surface area contributed by atoms with Crippen LogP contribution >= 0.6 is 0 Å². The predicted molar refractivity (Wildman–Crippen MR) is 99.5 cm³/mol. The standard InChI is InChI=1S/C23H24N/c1-13-8-14(2)15(3)19(9-13)22-12-20-17-10-16(11-17)18-6-5-7-21(23(18)20)24(22)4/h5-9,12,16-17H,10-11H2,1-4H3/q+1. The van der Waals surface area contributed by atoms with Crippen LogP contribution in [0.2, 0.25) is 0 Å². The summed E-state index contributed by atoms with van der Waals surface area (Å²) >= 11 is 0. The van der Waals surface area contributed by atoms with Crippen LogP contribution in [0.15, 0.2) is 36.4 Å². The van der Waals surface area contributed by atoms with E-state index in [1.54, 1.807) is 16.5 Å². The fourth-order valence-electron chi connectivity index (χ4n) is 4.95. The lowest BCUT2D eigenvalue weighted by molar-refractivity contribution is -0.633. The molecule has 1 heteroatoms. The maximum absolute atomic E-state index is 2.49. The smallest absolute Gasteiger partial charge is 0.194 e. The van der Waals surface area contributed by atoms with Crippen LogP contribution in [0.1, 0.15) is 52.5 Å². The van der Waals surface area contributed by atoms with Crippen molar-refractivity contribution in [2.24, 2.45) is 7.05 Å². The Kier molecular flexibility index (Phi) is 2.78. The molecule has 3 aromatic rings. The van der Waals surface area contributed by atoms with Gasteiger partial charge in [-0.05, 0) is 73.8 Å². The SMILES string of the molecule is Cc1cc(C)c(C)c(-c2cc3c4c(cccc4[n+]2C)C2CC3C2)c1. The number of pyridine rings is 1. The minimum Gasteiger partial charge on any atom is -0.194 e. The average Bonchev–Trinajstić information content (AvgIpc) is 2.53. The van der Waals surface area contributed by atoms with Crippen molar-refractivity contribution in [1.29, 1.82) is 0 Å². The van der Waals surface area contributed by atoms with Gasteiger partial charge in [-0.2, -0.15) is 4.57 Å². The van der Waals surface area contributed by atoms with Crippen molar-refractivity contribution in [3.05, 3.63) is 64.2 Å². The first-order chi connectivity index (χ1) is 11.5. The van der Waals surface area contributed by atoms with E-state index in [1.165, 1.54) is 46.3 Å². The minimum absolute atomic E-state index is 0.776. The Balaban J connectivity index is 1.88. The predicted octanol–water partition coefficient (Wildman–Crippen LogP) is 5.23. The van der Waals surface area contributed by atoms with Crippen LogP contribution in [-0.2, 0) is 7.05 Å². The first-order valence-corrected chi connectivity index (χ1v) is 9.08. The Morgan fingerprint density at radius 2 is 1.67 bits per heavy atom. The second kappa shape index (κ2) is 4.69. The number of nitrogens with zero attached hydrogens (tertiary/aromatic N) is 1. The molecule has 1 saturated carbocycles. The average molecular weight is 314 g/mol. The largest absolute Gasteiger partial charge is 0.213 e. The highest BCUT2D eigenvalue weighted by Gasteiger charge is 2.41. The molecule has 0 unspecified atom stereocenters. The number of aromatic nitrogens is 1. The monoisotopic (exact) mass is 314 g/mol. The van der Waals surface area contributed by atoms with Gasteiger partial charge in [0, 0.05) is 17.7 Å². The van der Waals surface area contributed by atoms with Crippen LogP contribution in [-0.4, -0.2) is 0 Å². The van der Waals surface area contributed by atoms with E-state index < -0.39 is 0 Å². The van der Waals surface area contributed by atoms with Crippen LogP contribution in [0.5, 0.6) is 0 Å². The highest BCUT2D eigenvalue weighted by Crippen LogP contribution is 2.55. The topological polar surface area (TPSA) is 3.88 Å². The van der Waals surface area contributed by atoms with E-state index in [2.05, 4.69) is 68.8 Å². The molecule has 0 N–H and O–H groups in total. The summed E-state index contributed by atoms with van der Waals surface area (Å²) < 4.78 is 2.41. The van der Waals surface area contributed by atoms with Gasteiger partial charge in [-0.1, -0.05) is 23.8 Å². The Morgan fingerprint density at radius 3 is 2.46 bits per heavy atom. The van der Waals surface area contributed by atoms with E-state index in [1.807, 2.05) is 0 Å². The van der Waals surface area contributed by atoms with Gasteiger partial charge in [0.2, 0.25) is 11.2 Å². The molecule has 120 valence electrons. The lowest BCUT2D eigenvalue weighted by Crippen LogP contribution is -2.36. The Hall–Kier alpha value is -2.15. The zero-order valence-corrected chi connectivity index (χ0v) is 15.0. The van der Waals surface area contributed by atoms with Crippen LogP contribution in [0.3, 0.4) is 0 Å². The van der Waals surface area contributed by atoms with E-state index >= 15 is 0 Å². The molecule has 1 fully saturated rings. The molecule has 0 radical (unpaired) electrons. The number of rotatable bonds is 1. The van der Waals surface area contributed by atoms with Gasteiger partial charge < -0.3 is 0 Å². The maximum Gasteiger partial charge on any atom is 0.213 e. The highest BCUT2D eigenvalue weighted by molar-refractivity contribution is 5.88. The van der Waals surface area contributed by atoms with Crippen molar-refractivity contribution in [3.63, 3.8) is 0 Å². The summed E-state index contributed by atoms with van der Waals surface area (Å²) in [6.45, 7) is 6.69. The normalized spacial score (nSPS) is 21.0. The van der Waals surface area contributed by atoms with Crippen molar-refractivity contribution < 1.29 is 4.57 Å². The van der Waals surface area contributed by atoms with Gasteiger partial charge in [0.15, 0.2) is 0 Å². The Bertz CT molecular complexity index is 1010. The fourth-order valence-corrected chi connectivity index (χ4v) is 4.95. The molecule has 6 rings (SSSR count). The van der Waals surface area contributed by atoms with Gasteiger partial charge in [-0.15, -0.1) is 0 Å². The molecular formula is C23H24N+. The van der Waals surface area contributed by atoms with E-state index in [0.29, 0.717) is 0 Å². The van der Waals surface area contributed by atoms with E-state index in [0.717, 1.165) is 11.8 Å². The minimum atomic E-state index is 0.776. The molecule has 1 aromatic heterocycles. The highest BCUT2D eigenvalue weighted by atomic mass is 14.9. The summed E-state index contributed by atoms with van der Waals surface area (Å²) in [6.07, 6.45) is 2.70. The third-order valence-corrected chi connectivity index (χ3v) is 6.48. The lowest BCUT2D eigenvalue weighted by atomic mass is 9.62. The summed E-state index contributed by atoms with van der Waals surface area (Å²) in [6, 6.07) is 14.0. The second-order valence-corrected chi connectivity index (χ2v) is 7.90. The van der Waals surface area contributed by atoms with Gasteiger partial charge in [-0.25, -0.2) is 0 Å². The molecule has 0 amide bonds. The Morgan fingerprint density at radius 1 is 0.917 bits per heavy atom. The molecule has 2 aromatic carbocycles. The third-order valence-electron chi connectivity index (χ3n) is 6.48. The van der Waals surface area contributed by atoms with Gasteiger partial charge in [0.05, 0.1) is 5.39 Å². The number of hydrogen-bond acceptors (Lipinski definition) is 0. The molecule has 2 bridgehead atoms. The molecule has 1 nitrogen and oxygen atoms in total. The van der Waals surface area contributed by atoms with Crippen LogP contribution in [0.25, 0.3) is 22.2 Å².